The normalized spacial score (nSPS) is 14.0. The molecule has 1 heterocycles. The highest BCUT2D eigenvalue weighted by Crippen LogP contribution is 2.41. The van der Waals surface area contributed by atoms with Crippen LogP contribution in [0.5, 0.6) is 0 Å². The largest absolute Gasteiger partial charge is 0.144 e. The van der Waals surface area contributed by atoms with E-state index < -0.39 is 0 Å². The molecule has 0 bridgehead atoms. The molecule has 0 fully saturated rings. The maximum Gasteiger partial charge on any atom is 0.0105 e. The second-order valence-corrected chi connectivity index (χ2v) is 10.4. The number of thiophene rings is 1. The zero-order valence-corrected chi connectivity index (χ0v) is 19.0. The Morgan fingerprint density at radius 3 is 1.96 bits per heavy atom. The summed E-state index contributed by atoms with van der Waals surface area (Å²) in [7, 11) is 0. The fourth-order valence-electron chi connectivity index (χ4n) is 4.04. The smallest absolute Gasteiger partial charge is 0.0105 e. The van der Waals surface area contributed by atoms with Gasteiger partial charge >= 0.3 is 0 Å². The van der Waals surface area contributed by atoms with Gasteiger partial charge in [0.2, 0.25) is 0 Å². The van der Waals surface area contributed by atoms with Crippen molar-refractivity contribution < 1.29 is 0 Å². The van der Waals surface area contributed by atoms with Crippen LogP contribution in [0.1, 0.15) is 122 Å². The molecule has 1 unspecified atom stereocenters. The van der Waals surface area contributed by atoms with E-state index in [1.165, 1.54) is 64.2 Å². The van der Waals surface area contributed by atoms with E-state index in [1.807, 2.05) is 0 Å². The molecule has 0 aromatic carbocycles. The molecule has 0 saturated heterocycles. The van der Waals surface area contributed by atoms with Crippen molar-refractivity contribution in [2.24, 2.45) is 5.92 Å². The van der Waals surface area contributed by atoms with Gasteiger partial charge in [-0.2, -0.15) is 0 Å². The minimum absolute atomic E-state index is 0.315. The van der Waals surface area contributed by atoms with E-state index >= 15 is 0 Å². The van der Waals surface area contributed by atoms with Gasteiger partial charge in [-0.15, -0.1) is 11.3 Å². The quantitative estimate of drug-likeness (QED) is 0.306. The first-order valence-corrected chi connectivity index (χ1v) is 11.7. The summed E-state index contributed by atoms with van der Waals surface area (Å²) in [5.41, 5.74) is 0.648. The molecule has 0 spiro atoms. The number of hydrogen-bond donors (Lipinski definition) is 0. The summed E-state index contributed by atoms with van der Waals surface area (Å²) in [6, 6.07) is 4.85. The van der Waals surface area contributed by atoms with Crippen LogP contribution in [0.4, 0.5) is 0 Å². The second-order valence-electron chi connectivity index (χ2n) is 9.36. The zero-order chi connectivity index (χ0) is 18.9. The minimum atomic E-state index is 0.315. The van der Waals surface area contributed by atoms with E-state index in [9.17, 15) is 0 Å². The summed E-state index contributed by atoms with van der Waals surface area (Å²) in [5.74, 6) is 0.872. The van der Waals surface area contributed by atoms with Crippen molar-refractivity contribution in [3.05, 3.63) is 21.9 Å². The Balaban J connectivity index is 2.69. The first-order valence-electron chi connectivity index (χ1n) is 10.9. The average molecular weight is 365 g/mol. The van der Waals surface area contributed by atoms with Crippen molar-refractivity contribution in [1.82, 2.24) is 0 Å². The van der Waals surface area contributed by atoms with Crippen molar-refractivity contribution in [2.75, 3.05) is 0 Å². The van der Waals surface area contributed by atoms with Gasteiger partial charge in [-0.3, -0.25) is 0 Å². The van der Waals surface area contributed by atoms with E-state index in [2.05, 4.69) is 71.9 Å². The lowest BCUT2D eigenvalue weighted by Crippen LogP contribution is -2.20. The fraction of sp³-hybridized carbons (Fsp3) is 0.833. The van der Waals surface area contributed by atoms with Crippen molar-refractivity contribution >= 4 is 11.3 Å². The van der Waals surface area contributed by atoms with Gasteiger partial charge in [0.05, 0.1) is 0 Å². The van der Waals surface area contributed by atoms with E-state index in [0.717, 1.165) is 5.92 Å². The number of unbranched alkanes of at least 4 members (excludes halogenated alkanes) is 4. The molecule has 0 radical (unpaired) electrons. The molecule has 0 amide bonds. The Morgan fingerprint density at radius 1 is 0.800 bits per heavy atom. The molecule has 0 aliphatic rings. The summed E-state index contributed by atoms with van der Waals surface area (Å²) < 4.78 is 0. The highest BCUT2D eigenvalue weighted by atomic mass is 32.1. The average Bonchev–Trinajstić information content (AvgIpc) is 3.06. The van der Waals surface area contributed by atoms with E-state index in [-0.39, 0.29) is 0 Å². The topological polar surface area (TPSA) is 0 Å². The minimum Gasteiger partial charge on any atom is -0.144 e. The van der Waals surface area contributed by atoms with Crippen LogP contribution in [0.3, 0.4) is 0 Å². The number of rotatable bonds is 13. The van der Waals surface area contributed by atoms with Gasteiger partial charge in [0, 0.05) is 9.75 Å². The van der Waals surface area contributed by atoms with Crippen LogP contribution in [0, 0.1) is 5.92 Å². The van der Waals surface area contributed by atoms with Crippen LogP contribution in [0.2, 0.25) is 0 Å². The third-order valence-corrected chi connectivity index (χ3v) is 7.74. The van der Waals surface area contributed by atoms with E-state index in [0.29, 0.717) is 10.8 Å². The highest BCUT2D eigenvalue weighted by Gasteiger charge is 2.29. The van der Waals surface area contributed by atoms with Gasteiger partial charge < -0.3 is 0 Å². The Kier molecular flexibility index (Phi) is 9.78. The van der Waals surface area contributed by atoms with Crippen LogP contribution in [-0.2, 0) is 10.8 Å². The van der Waals surface area contributed by atoms with Crippen LogP contribution in [-0.4, -0.2) is 0 Å². The molecule has 1 aromatic heterocycles. The van der Waals surface area contributed by atoms with Gasteiger partial charge in [-0.1, -0.05) is 99.8 Å². The third kappa shape index (κ3) is 7.45. The lowest BCUT2D eigenvalue weighted by molar-refractivity contribution is 0.335. The molecule has 0 aliphatic carbocycles. The lowest BCUT2D eigenvalue weighted by atomic mass is 9.79. The van der Waals surface area contributed by atoms with Crippen molar-refractivity contribution in [3.8, 4) is 0 Å². The summed E-state index contributed by atoms with van der Waals surface area (Å²) in [4.78, 5) is 3.19. The molecule has 1 atom stereocenters. The molecular weight excluding hydrogens is 320 g/mol. The Labute approximate surface area is 162 Å². The molecule has 25 heavy (non-hydrogen) atoms. The third-order valence-electron chi connectivity index (χ3n) is 5.92. The molecule has 1 heteroatoms. The van der Waals surface area contributed by atoms with Crippen molar-refractivity contribution in [3.63, 3.8) is 0 Å². The van der Waals surface area contributed by atoms with Crippen molar-refractivity contribution in [2.45, 2.75) is 124 Å². The summed E-state index contributed by atoms with van der Waals surface area (Å²) in [6.07, 6.45) is 13.6. The van der Waals surface area contributed by atoms with Gasteiger partial charge in [-0.25, -0.2) is 0 Å². The SMILES string of the molecule is CCCCCCCC(C)(C)c1ccc(C(C)(C)CC(CC)CCC)s1. The molecule has 146 valence electrons. The molecule has 0 N–H and O–H groups in total. The first-order chi connectivity index (χ1) is 11.8. The van der Waals surface area contributed by atoms with Crippen LogP contribution >= 0.6 is 11.3 Å². The van der Waals surface area contributed by atoms with Crippen molar-refractivity contribution in [1.29, 1.82) is 0 Å². The Morgan fingerprint density at radius 2 is 1.40 bits per heavy atom. The summed E-state index contributed by atoms with van der Waals surface area (Å²) in [5, 5.41) is 0. The predicted octanol–water partition coefficient (Wildman–Crippen LogP) is 8.88. The standard InChI is InChI=1S/C24H44S/c1-8-11-12-13-14-18-23(4,5)21-16-17-22(25-21)24(6,7)19-20(10-3)15-9-2/h16-17,20H,8-15,18-19H2,1-7H3. The van der Waals surface area contributed by atoms with Gasteiger partial charge in [0.25, 0.3) is 0 Å². The first kappa shape index (κ1) is 22.7. The monoisotopic (exact) mass is 364 g/mol. The lowest BCUT2D eigenvalue weighted by Gasteiger charge is -2.29. The Bertz CT molecular complexity index is 466. The predicted molar refractivity (Wildman–Crippen MR) is 117 cm³/mol. The maximum atomic E-state index is 2.46. The van der Waals surface area contributed by atoms with Gasteiger partial charge in [0.1, 0.15) is 0 Å². The molecule has 0 nitrogen and oxygen atoms in total. The van der Waals surface area contributed by atoms with E-state index in [1.54, 1.807) is 9.75 Å². The molecule has 1 aromatic rings. The van der Waals surface area contributed by atoms with Crippen LogP contribution in [0.15, 0.2) is 12.1 Å². The zero-order valence-electron chi connectivity index (χ0n) is 18.2. The molecule has 0 saturated carbocycles. The fourth-order valence-corrected chi connectivity index (χ4v) is 5.29. The van der Waals surface area contributed by atoms with E-state index in [4.69, 9.17) is 0 Å². The number of hydrogen-bond acceptors (Lipinski definition) is 1. The van der Waals surface area contributed by atoms with Crippen LogP contribution in [0.25, 0.3) is 0 Å². The summed E-state index contributed by atoms with van der Waals surface area (Å²) >= 11 is 2.09. The molecule has 1 rings (SSSR count). The van der Waals surface area contributed by atoms with Crippen LogP contribution < -0.4 is 0 Å². The highest BCUT2D eigenvalue weighted by molar-refractivity contribution is 7.12. The van der Waals surface area contributed by atoms with Gasteiger partial charge in [-0.05, 0) is 41.7 Å². The summed E-state index contributed by atoms with van der Waals surface area (Å²) in [6.45, 7) is 16.8. The van der Waals surface area contributed by atoms with Gasteiger partial charge in [0.15, 0.2) is 0 Å². The molecular formula is C24H44S. The second kappa shape index (κ2) is 10.8. The Hall–Kier alpha value is -0.300. The molecule has 0 aliphatic heterocycles. The maximum absolute atomic E-state index is 2.46.